The minimum Gasteiger partial charge on any atom is -0.352 e. The first-order valence-electron chi connectivity index (χ1n) is 8.67. The van der Waals surface area contributed by atoms with Crippen molar-refractivity contribution in [2.24, 2.45) is 7.05 Å². The number of hydrogen-bond acceptors (Lipinski definition) is 6. The van der Waals surface area contributed by atoms with Crippen LogP contribution < -0.4 is 10.5 Å². The second-order valence-electron chi connectivity index (χ2n) is 6.30. The van der Waals surface area contributed by atoms with Crippen molar-refractivity contribution in [3.8, 4) is 5.82 Å². The van der Waals surface area contributed by atoms with Gasteiger partial charge in [-0.3, -0.25) is 9.59 Å². The van der Waals surface area contributed by atoms with Gasteiger partial charge in [-0.15, -0.1) is 10.2 Å². The van der Waals surface area contributed by atoms with E-state index in [1.807, 2.05) is 41.2 Å². The molecule has 138 valence electrons. The van der Waals surface area contributed by atoms with E-state index < -0.39 is 0 Å². The van der Waals surface area contributed by atoms with Crippen molar-refractivity contribution >= 4 is 11.7 Å². The Hall–Kier alpha value is -3.49. The Morgan fingerprint density at radius 3 is 2.22 bits per heavy atom. The average Bonchev–Trinajstić information content (AvgIpc) is 3.25. The topological polar surface area (TPSA) is 89.2 Å². The van der Waals surface area contributed by atoms with E-state index in [1.54, 1.807) is 4.90 Å². The Bertz CT molecular complexity index is 987. The Morgan fingerprint density at radius 2 is 1.59 bits per heavy atom. The highest BCUT2D eigenvalue weighted by Gasteiger charge is 2.24. The highest BCUT2D eigenvalue weighted by Crippen LogP contribution is 2.15. The molecule has 0 bridgehead atoms. The van der Waals surface area contributed by atoms with E-state index in [4.69, 9.17) is 0 Å². The monoisotopic (exact) mass is 365 g/mol. The Morgan fingerprint density at radius 1 is 0.926 bits per heavy atom. The van der Waals surface area contributed by atoms with Crippen LogP contribution in [0.5, 0.6) is 0 Å². The molecule has 0 aromatic carbocycles. The predicted octanol–water partition coefficient (Wildman–Crippen LogP) is 0.323. The largest absolute Gasteiger partial charge is 0.352 e. The lowest BCUT2D eigenvalue weighted by Crippen LogP contribution is -2.49. The molecular weight excluding hydrogens is 346 g/mol. The molecule has 1 amide bonds. The summed E-state index contributed by atoms with van der Waals surface area (Å²) in [5.41, 5.74) is 0.0414. The number of aromatic nitrogens is 5. The highest BCUT2D eigenvalue weighted by atomic mass is 16.2. The van der Waals surface area contributed by atoms with Crippen LogP contribution in [-0.4, -0.2) is 61.5 Å². The first-order chi connectivity index (χ1) is 13.1. The zero-order chi connectivity index (χ0) is 18.8. The van der Waals surface area contributed by atoms with Gasteiger partial charge >= 0.3 is 0 Å². The number of carbonyl (C=O) groups is 1. The molecule has 1 aliphatic heterocycles. The normalized spacial score (nSPS) is 14.4. The zero-order valence-corrected chi connectivity index (χ0v) is 14.9. The van der Waals surface area contributed by atoms with E-state index in [1.165, 1.54) is 23.9 Å². The molecule has 1 aliphatic rings. The molecule has 1 saturated heterocycles. The van der Waals surface area contributed by atoms with Crippen molar-refractivity contribution < 1.29 is 4.79 Å². The third-order valence-corrected chi connectivity index (χ3v) is 4.58. The van der Waals surface area contributed by atoms with Crippen LogP contribution in [0.15, 0.2) is 53.6 Å². The molecule has 0 radical (unpaired) electrons. The molecule has 0 aliphatic carbocycles. The number of aryl methyl sites for hydroxylation is 1. The van der Waals surface area contributed by atoms with Crippen LogP contribution in [0.1, 0.15) is 10.5 Å². The van der Waals surface area contributed by atoms with Crippen LogP contribution in [-0.2, 0) is 7.05 Å². The minimum atomic E-state index is -0.238. The van der Waals surface area contributed by atoms with E-state index in [0.29, 0.717) is 26.2 Å². The fourth-order valence-electron chi connectivity index (χ4n) is 3.03. The first-order valence-corrected chi connectivity index (χ1v) is 8.67. The third-order valence-electron chi connectivity index (χ3n) is 4.58. The van der Waals surface area contributed by atoms with E-state index >= 15 is 0 Å². The summed E-state index contributed by atoms with van der Waals surface area (Å²) >= 11 is 0. The number of hydrogen-bond donors (Lipinski definition) is 0. The summed E-state index contributed by atoms with van der Waals surface area (Å²) in [6, 6.07) is 10.6. The fourth-order valence-corrected chi connectivity index (χ4v) is 3.03. The Balaban J connectivity index is 1.40. The van der Waals surface area contributed by atoms with Gasteiger partial charge in [-0.1, -0.05) is 0 Å². The van der Waals surface area contributed by atoms with E-state index in [9.17, 15) is 9.59 Å². The molecule has 3 aromatic rings. The predicted molar refractivity (Wildman–Crippen MR) is 99.0 cm³/mol. The van der Waals surface area contributed by atoms with Gasteiger partial charge < -0.3 is 14.4 Å². The second-order valence-corrected chi connectivity index (χ2v) is 6.30. The van der Waals surface area contributed by atoms with Crippen LogP contribution in [0.25, 0.3) is 5.82 Å². The number of carbonyl (C=O) groups excluding carboxylic acids is 1. The number of rotatable bonds is 3. The number of nitrogens with zero attached hydrogens (tertiary/aromatic N) is 7. The lowest BCUT2D eigenvalue weighted by molar-refractivity contribution is 0.0738. The van der Waals surface area contributed by atoms with Gasteiger partial charge in [-0.05, 0) is 30.3 Å². The Labute approximate surface area is 155 Å². The molecule has 9 heteroatoms. The number of piperazine rings is 1. The lowest BCUT2D eigenvalue weighted by atomic mass is 10.2. The molecule has 1 fully saturated rings. The van der Waals surface area contributed by atoms with Gasteiger partial charge in [0, 0.05) is 51.7 Å². The van der Waals surface area contributed by atoms with Crippen LogP contribution >= 0.6 is 0 Å². The smallest absolute Gasteiger partial charge is 0.274 e. The lowest BCUT2D eigenvalue weighted by Gasteiger charge is -2.35. The third kappa shape index (κ3) is 3.43. The molecule has 3 aromatic heterocycles. The molecule has 0 saturated carbocycles. The summed E-state index contributed by atoms with van der Waals surface area (Å²) in [5.74, 6) is 1.39. The van der Waals surface area contributed by atoms with Gasteiger partial charge in [-0.25, -0.2) is 4.68 Å². The van der Waals surface area contributed by atoms with Gasteiger partial charge in [0.05, 0.1) is 0 Å². The maximum absolute atomic E-state index is 12.6. The molecule has 0 N–H and O–H groups in total. The fraction of sp³-hybridized carbons (Fsp3) is 0.278. The van der Waals surface area contributed by atoms with Crippen molar-refractivity contribution in [3.05, 3.63) is 64.8 Å². The Kier molecular flexibility index (Phi) is 4.41. The number of anilines is 1. The SMILES string of the molecule is Cn1nc(C(=O)N2CCN(c3ccc(-n4cccc4)nn3)CC2)ccc1=O. The maximum atomic E-state index is 12.6. The van der Waals surface area contributed by atoms with E-state index in [0.717, 1.165) is 11.6 Å². The first kappa shape index (κ1) is 17.0. The maximum Gasteiger partial charge on any atom is 0.274 e. The average molecular weight is 365 g/mol. The second kappa shape index (κ2) is 7.02. The van der Waals surface area contributed by atoms with Gasteiger partial charge in [0.2, 0.25) is 0 Å². The van der Waals surface area contributed by atoms with Crippen LogP contribution in [0, 0.1) is 0 Å². The van der Waals surface area contributed by atoms with Crippen molar-refractivity contribution in [2.75, 3.05) is 31.1 Å². The molecule has 4 heterocycles. The molecule has 27 heavy (non-hydrogen) atoms. The molecule has 0 atom stereocenters. The van der Waals surface area contributed by atoms with Gasteiger partial charge in [0.1, 0.15) is 5.69 Å². The molecule has 0 unspecified atom stereocenters. The summed E-state index contributed by atoms with van der Waals surface area (Å²) in [4.78, 5) is 27.8. The molecular formula is C18H19N7O2. The van der Waals surface area contributed by atoms with Crippen LogP contribution in [0.2, 0.25) is 0 Å². The highest BCUT2D eigenvalue weighted by molar-refractivity contribution is 5.92. The molecule has 4 rings (SSSR count). The van der Waals surface area contributed by atoms with Crippen molar-refractivity contribution in [3.63, 3.8) is 0 Å². The molecule has 9 nitrogen and oxygen atoms in total. The quantitative estimate of drug-likeness (QED) is 0.664. The summed E-state index contributed by atoms with van der Waals surface area (Å²) in [7, 11) is 1.53. The van der Waals surface area contributed by atoms with Gasteiger partial charge in [-0.2, -0.15) is 5.10 Å². The van der Waals surface area contributed by atoms with Gasteiger partial charge in [0.25, 0.3) is 11.5 Å². The minimum absolute atomic E-state index is 0.167. The van der Waals surface area contributed by atoms with Crippen molar-refractivity contribution in [1.82, 2.24) is 29.4 Å². The summed E-state index contributed by atoms with van der Waals surface area (Å²) in [6.07, 6.45) is 3.84. The summed E-state index contributed by atoms with van der Waals surface area (Å²) in [5, 5.41) is 12.6. The van der Waals surface area contributed by atoms with Gasteiger partial charge in [0.15, 0.2) is 11.6 Å². The summed E-state index contributed by atoms with van der Waals surface area (Å²) < 4.78 is 3.07. The number of amides is 1. The van der Waals surface area contributed by atoms with Crippen LogP contribution in [0.4, 0.5) is 5.82 Å². The van der Waals surface area contributed by atoms with Crippen molar-refractivity contribution in [1.29, 1.82) is 0 Å². The van der Waals surface area contributed by atoms with E-state index in [2.05, 4.69) is 20.2 Å². The van der Waals surface area contributed by atoms with Crippen LogP contribution in [0.3, 0.4) is 0 Å². The summed E-state index contributed by atoms with van der Waals surface area (Å²) in [6.45, 7) is 2.44. The standard InChI is InChI=1S/C18H19N7O2/c1-22-17(26)7-4-14(21-22)18(27)25-12-10-24(11-13-25)16-6-5-15(19-20-16)23-8-2-3-9-23/h2-9H,10-13H2,1H3. The van der Waals surface area contributed by atoms with Crippen molar-refractivity contribution in [2.45, 2.75) is 0 Å². The molecule has 0 spiro atoms. The zero-order valence-electron chi connectivity index (χ0n) is 14.9. The van der Waals surface area contributed by atoms with E-state index in [-0.39, 0.29) is 17.2 Å².